The van der Waals surface area contributed by atoms with Crippen LogP contribution in [-0.4, -0.2) is 39.5 Å². The van der Waals surface area contributed by atoms with Crippen molar-refractivity contribution in [1.82, 2.24) is 15.3 Å². The lowest BCUT2D eigenvalue weighted by Crippen LogP contribution is -2.43. The number of aliphatic carboxylic acids is 1. The summed E-state index contributed by atoms with van der Waals surface area (Å²) in [7, 11) is 0. The van der Waals surface area contributed by atoms with Crippen LogP contribution >= 0.6 is 0 Å². The molecule has 106 valence electrons. The van der Waals surface area contributed by atoms with Crippen molar-refractivity contribution in [2.45, 2.75) is 32.2 Å². The van der Waals surface area contributed by atoms with Crippen LogP contribution in [0.25, 0.3) is 0 Å². The average molecular weight is 268 g/mol. The van der Waals surface area contributed by atoms with Gasteiger partial charge < -0.3 is 21.1 Å². The summed E-state index contributed by atoms with van der Waals surface area (Å²) < 4.78 is 0. The fourth-order valence-electron chi connectivity index (χ4n) is 1.73. The number of imidazole rings is 1. The fraction of sp³-hybridized carbons (Fsp3) is 0.583. The molecule has 1 rings (SSSR count). The van der Waals surface area contributed by atoms with Gasteiger partial charge in [0, 0.05) is 24.7 Å². The van der Waals surface area contributed by atoms with E-state index in [9.17, 15) is 9.59 Å². The molecule has 2 atom stereocenters. The van der Waals surface area contributed by atoms with Crippen molar-refractivity contribution in [3.8, 4) is 0 Å². The molecular weight excluding hydrogens is 248 g/mol. The van der Waals surface area contributed by atoms with Crippen molar-refractivity contribution in [3.63, 3.8) is 0 Å². The molecule has 0 aromatic carbocycles. The van der Waals surface area contributed by atoms with Gasteiger partial charge in [0.25, 0.3) is 0 Å². The quantitative estimate of drug-likeness (QED) is 0.524. The minimum absolute atomic E-state index is 0.0848. The Kier molecular flexibility index (Phi) is 6.01. The van der Waals surface area contributed by atoms with E-state index >= 15 is 0 Å². The molecule has 0 saturated heterocycles. The van der Waals surface area contributed by atoms with Gasteiger partial charge in [0.05, 0.1) is 6.33 Å². The van der Waals surface area contributed by atoms with Crippen LogP contribution < -0.4 is 11.1 Å². The summed E-state index contributed by atoms with van der Waals surface area (Å²) >= 11 is 0. The maximum atomic E-state index is 11.8. The number of carbonyl (C=O) groups is 2. The van der Waals surface area contributed by atoms with Gasteiger partial charge in [-0.3, -0.25) is 4.79 Å². The summed E-state index contributed by atoms with van der Waals surface area (Å²) in [6.07, 6.45) is 4.23. The molecule has 2 unspecified atom stereocenters. The van der Waals surface area contributed by atoms with Gasteiger partial charge in [-0.05, 0) is 12.5 Å². The first-order valence-corrected chi connectivity index (χ1v) is 6.26. The van der Waals surface area contributed by atoms with Crippen LogP contribution in [0.4, 0.5) is 0 Å². The summed E-state index contributed by atoms with van der Waals surface area (Å²) in [5, 5.41) is 11.6. The number of carbonyl (C=O) groups excluding carboxylic acids is 1. The molecule has 19 heavy (non-hydrogen) atoms. The number of nitrogens with zero attached hydrogens (tertiary/aromatic N) is 1. The van der Waals surface area contributed by atoms with Crippen LogP contribution in [0.3, 0.4) is 0 Å². The van der Waals surface area contributed by atoms with E-state index in [1.807, 2.05) is 6.92 Å². The van der Waals surface area contributed by atoms with Gasteiger partial charge >= 0.3 is 5.97 Å². The van der Waals surface area contributed by atoms with Gasteiger partial charge in [-0.1, -0.05) is 13.3 Å². The predicted molar refractivity (Wildman–Crippen MR) is 69.3 cm³/mol. The molecule has 0 aliphatic carbocycles. The van der Waals surface area contributed by atoms with Crippen molar-refractivity contribution in [3.05, 3.63) is 18.2 Å². The zero-order valence-electron chi connectivity index (χ0n) is 10.9. The highest BCUT2D eigenvalue weighted by Gasteiger charge is 2.22. The first kappa shape index (κ1) is 15.2. The number of carboxylic acids is 1. The molecule has 0 radical (unpaired) electrons. The van der Waals surface area contributed by atoms with E-state index in [1.165, 1.54) is 12.5 Å². The lowest BCUT2D eigenvalue weighted by atomic mass is 10.0. The molecule has 0 aliphatic rings. The van der Waals surface area contributed by atoms with Gasteiger partial charge in [-0.15, -0.1) is 0 Å². The van der Waals surface area contributed by atoms with Crippen molar-refractivity contribution in [2.75, 3.05) is 6.54 Å². The highest BCUT2D eigenvalue weighted by Crippen LogP contribution is 2.06. The van der Waals surface area contributed by atoms with Crippen molar-refractivity contribution in [2.24, 2.45) is 11.7 Å². The van der Waals surface area contributed by atoms with Crippen LogP contribution in [0, 0.1) is 5.92 Å². The molecule has 0 fully saturated rings. The summed E-state index contributed by atoms with van der Waals surface area (Å²) in [5.41, 5.74) is 6.19. The first-order chi connectivity index (χ1) is 9.06. The average Bonchev–Trinajstić information content (AvgIpc) is 2.87. The Morgan fingerprint density at radius 2 is 2.32 bits per heavy atom. The lowest BCUT2D eigenvalue weighted by molar-refractivity contribution is -0.141. The molecule has 0 aliphatic heterocycles. The third kappa shape index (κ3) is 5.09. The van der Waals surface area contributed by atoms with Crippen molar-refractivity contribution < 1.29 is 14.7 Å². The molecule has 1 aromatic rings. The predicted octanol–water partition coefficient (Wildman–Crippen LogP) is -0.103. The number of carboxylic acid groups (broad SMARTS) is 1. The molecule has 0 bridgehead atoms. The Bertz CT molecular complexity index is 401. The maximum absolute atomic E-state index is 11.8. The number of amides is 1. The highest BCUT2D eigenvalue weighted by atomic mass is 16.4. The number of nitrogens with two attached hydrogens (primary N) is 1. The zero-order chi connectivity index (χ0) is 14.3. The number of nitrogens with one attached hydrogen (secondary N) is 2. The van der Waals surface area contributed by atoms with Crippen LogP contribution in [0.15, 0.2) is 12.5 Å². The molecule has 0 spiro atoms. The minimum atomic E-state index is -1.07. The van der Waals surface area contributed by atoms with Crippen LogP contribution in [-0.2, 0) is 16.0 Å². The molecule has 1 amide bonds. The van der Waals surface area contributed by atoms with E-state index in [0.717, 1.165) is 6.42 Å². The van der Waals surface area contributed by atoms with E-state index in [2.05, 4.69) is 15.3 Å². The van der Waals surface area contributed by atoms with E-state index in [0.29, 0.717) is 12.2 Å². The molecule has 0 saturated carbocycles. The third-order valence-electron chi connectivity index (χ3n) is 3.00. The SMILES string of the molecule is CCC(CN)CC(=O)NC(Cc1cnc[nH]1)C(=O)O. The second kappa shape index (κ2) is 7.52. The molecular formula is C12H20N4O3. The van der Waals surface area contributed by atoms with Gasteiger partial charge in [0.1, 0.15) is 6.04 Å². The molecule has 7 nitrogen and oxygen atoms in total. The summed E-state index contributed by atoms with van der Waals surface area (Å²) in [5.74, 6) is -1.27. The number of H-pyrrole nitrogens is 1. The van der Waals surface area contributed by atoms with Gasteiger partial charge in [-0.2, -0.15) is 0 Å². The molecule has 5 N–H and O–H groups in total. The second-order valence-corrected chi connectivity index (χ2v) is 4.45. The minimum Gasteiger partial charge on any atom is -0.480 e. The van der Waals surface area contributed by atoms with E-state index < -0.39 is 12.0 Å². The largest absolute Gasteiger partial charge is 0.480 e. The standard InChI is InChI=1S/C12H20N4O3/c1-2-8(5-13)3-11(17)16-10(12(18)19)4-9-6-14-7-15-9/h6-8,10H,2-5,13H2,1H3,(H,14,15)(H,16,17)(H,18,19). The third-order valence-corrected chi connectivity index (χ3v) is 3.00. The molecule has 7 heteroatoms. The lowest BCUT2D eigenvalue weighted by Gasteiger charge is -2.16. The van der Waals surface area contributed by atoms with Crippen LogP contribution in [0.1, 0.15) is 25.5 Å². The summed E-state index contributed by atoms with van der Waals surface area (Å²) in [6.45, 7) is 2.37. The van der Waals surface area contributed by atoms with E-state index in [1.54, 1.807) is 0 Å². The number of aromatic nitrogens is 2. The van der Waals surface area contributed by atoms with Crippen molar-refractivity contribution in [1.29, 1.82) is 0 Å². The van der Waals surface area contributed by atoms with Gasteiger partial charge in [-0.25, -0.2) is 9.78 Å². The Morgan fingerprint density at radius 3 is 2.79 bits per heavy atom. The van der Waals surface area contributed by atoms with E-state index in [4.69, 9.17) is 10.8 Å². The van der Waals surface area contributed by atoms with E-state index in [-0.39, 0.29) is 24.7 Å². The maximum Gasteiger partial charge on any atom is 0.326 e. The van der Waals surface area contributed by atoms with Crippen LogP contribution in [0.2, 0.25) is 0 Å². The number of hydrogen-bond acceptors (Lipinski definition) is 4. The summed E-state index contributed by atoms with van der Waals surface area (Å²) in [6, 6.07) is -0.955. The smallest absolute Gasteiger partial charge is 0.326 e. The zero-order valence-corrected chi connectivity index (χ0v) is 10.9. The van der Waals surface area contributed by atoms with Crippen molar-refractivity contribution >= 4 is 11.9 Å². The highest BCUT2D eigenvalue weighted by molar-refractivity contribution is 5.83. The summed E-state index contributed by atoms with van der Waals surface area (Å²) in [4.78, 5) is 29.5. The monoisotopic (exact) mass is 268 g/mol. The number of rotatable bonds is 8. The number of hydrogen-bond donors (Lipinski definition) is 4. The first-order valence-electron chi connectivity index (χ1n) is 6.26. The Labute approximate surface area is 111 Å². The molecule has 1 heterocycles. The Morgan fingerprint density at radius 1 is 1.58 bits per heavy atom. The van der Waals surface area contributed by atoms with Gasteiger partial charge in [0.2, 0.25) is 5.91 Å². The van der Waals surface area contributed by atoms with Crippen LogP contribution in [0.5, 0.6) is 0 Å². The molecule has 1 aromatic heterocycles. The Balaban J connectivity index is 2.53. The Hall–Kier alpha value is -1.89. The normalized spacial score (nSPS) is 13.8. The number of aromatic amines is 1. The second-order valence-electron chi connectivity index (χ2n) is 4.45. The fourth-order valence-corrected chi connectivity index (χ4v) is 1.73. The van der Waals surface area contributed by atoms with Gasteiger partial charge in [0.15, 0.2) is 0 Å². The topological polar surface area (TPSA) is 121 Å².